The summed E-state index contributed by atoms with van der Waals surface area (Å²) in [5.74, 6) is 1.10. The molecule has 0 aliphatic carbocycles. The molecule has 3 aromatic rings. The van der Waals surface area contributed by atoms with Gasteiger partial charge < -0.3 is 14.1 Å². The summed E-state index contributed by atoms with van der Waals surface area (Å²) < 4.78 is 11.7. The van der Waals surface area contributed by atoms with Crippen molar-refractivity contribution in [2.75, 3.05) is 13.1 Å². The number of ether oxygens (including phenoxy) is 1. The molecule has 0 spiro atoms. The van der Waals surface area contributed by atoms with E-state index in [9.17, 15) is 4.79 Å². The van der Waals surface area contributed by atoms with Gasteiger partial charge in [-0.2, -0.15) is 0 Å². The Morgan fingerprint density at radius 3 is 2.50 bits per heavy atom. The van der Waals surface area contributed by atoms with Crippen LogP contribution in [0.3, 0.4) is 0 Å². The molecule has 1 aliphatic rings. The normalized spacial score (nSPS) is 15.9. The number of hydrogen-bond donors (Lipinski definition) is 1. The van der Waals surface area contributed by atoms with Crippen molar-refractivity contribution < 1.29 is 13.9 Å². The van der Waals surface area contributed by atoms with Crippen molar-refractivity contribution in [3.8, 4) is 11.5 Å². The minimum atomic E-state index is -0.253. The third kappa shape index (κ3) is 5.47. The highest BCUT2D eigenvalue weighted by atomic mass is 16.5. The van der Waals surface area contributed by atoms with E-state index < -0.39 is 0 Å². The Labute approximate surface area is 200 Å². The van der Waals surface area contributed by atoms with E-state index in [0.29, 0.717) is 41.6 Å². The molecule has 0 fully saturated rings. The zero-order valence-corrected chi connectivity index (χ0v) is 20.0. The van der Waals surface area contributed by atoms with Crippen LogP contribution in [0.2, 0.25) is 0 Å². The van der Waals surface area contributed by atoms with E-state index in [1.807, 2.05) is 41.3 Å². The van der Waals surface area contributed by atoms with Crippen LogP contribution in [-0.4, -0.2) is 41.0 Å². The van der Waals surface area contributed by atoms with Crippen molar-refractivity contribution in [1.82, 2.24) is 15.3 Å². The first-order valence-electron chi connectivity index (χ1n) is 12.0. The third-order valence-corrected chi connectivity index (χ3v) is 5.83. The van der Waals surface area contributed by atoms with E-state index in [0.717, 1.165) is 19.3 Å². The maximum atomic E-state index is 13.4. The van der Waals surface area contributed by atoms with Crippen LogP contribution in [0.25, 0.3) is 11.5 Å². The standard InChI is InChI=1S/C27H32N4O3/c1-4-12-31(13-5-2)27(32)23-17-21(25-28-11-14-33-25)16-22(18-23)26-30-29-24(34-26)19(3)15-20-9-7-6-8-10-20/h6-11,14,16-19,24,29H,4-5,12-13,15H2,1-3H3/t19-,24-/m0/s1. The Hall–Kier alpha value is -3.61. The van der Waals surface area contributed by atoms with Gasteiger partial charge in [0, 0.05) is 35.7 Å². The molecular formula is C27H32N4O3. The van der Waals surface area contributed by atoms with Gasteiger partial charge in [0.25, 0.3) is 5.91 Å². The van der Waals surface area contributed by atoms with E-state index in [4.69, 9.17) is 9.15 Å². The second-order valence-electron chi connectivity index (χ2n) is 8.68. The average molecular weight is 461 g/mol. The summed E-state index contributed by atoms with van der Waals surface area (Å²) in [7, 11) is 0. The zero-order chi connectivity index (χ0) is 23.9. The number of hydrogen-bond acceptors (Lipinski definition) is 6. The van der Waals surface area contributed by atoms with Crippen LogP contribution in [0.1, 0.15) is 55.1 Å². The number of carbonyl (C=O) groups excluding carboxylic acids is 1. The van der Waals surface area contributed by atoms with Crippen LogP contribution in [0, 0.1) is 5.92 Å². The lowest BCUT2D eigenvalue weighted by Crippen LogP contribution is -2.32. The Kier molecular flexibility index (Phi) is 7.62. The van der Waals surface area contributed by atoms with Gasteiger partial charge in [-0.3, -0.25) is 10.2 Å². The molecule has 1 amide bonds. The summed E-state index contributed by atoms with van der Waals surface area (Å²) in [5.41, 5.74) is 6.37. The summed E-state index contributed by atoms with van der Waals surface area (Å²) in [5, 5.41) is 4.46. The molecule has 7 heteroatoms. The lowest BCUT2D eigenvalue weighted by Gasteiger charge is -2.22. The van der Waals surface area contributed by atoms with E-state index in [1.54, 1.807) is 6.20 Å². The van der Waals surface area contributed by atoms with E-state index in [-0.39, 0.29) is 18.1 Å². The third-order valence-electron chi connectivity index (χ3n) is 5.83. The Bertz CT molecular complexity index is 1110. The van der Waals surface area contributed by atoms with Gasteiger partial charge in [0.15, 0.2) is 6.23 Å². The fraction of sp³-hybridized carbons (Fsp3) is 0.370. The first-order chi connectivity index (χ1) is 16.6. The lowest BCUT2D eigenvalue weighted by atomic mass is 10.00. The maximum absolute atomic E-state index is 13.4. The predicted octanol–water partition coefficient (Wildman–Crippen LogP) is 5.09. The van der Waals surface area contributed by atoms with Crippen molar-refractivity contribution in [3.63, 3.8) is 0 Å². The van der Waals surface area contributed by atoms with Crippen LogP contribution < -0.4 is 5.43 Å². The van der Waals surface area contributed by atoms with Gasteiger partial charge in [-0.05, 0) is 43.0 Å². The summed E-state index contributed by atoms with van der Waals surface area (Å²) in [6.45, 7) is 7.71. The average Bonchev–Trinajstić information content (AvgIpc) is 3.57. The second kappa shape index (κ2) is 11.0. The van der Waals surface area contributed by atoms with Crippen LogP contribution in [0.4, 0.5) is 0 Å². The quantitative estimate of drug-likeness (QED) is 0.456. The SMILES string of the molecule is CCCN(CCC)C(=O)c1cc(C2=NN[C@H]([C@@H](C)Cc3ccccc3)O2)cc(-c2ncco2)c1. The molecule has 1 N–H and O–H groups in total. The molecule has 0 unspecified atom stereocenters. The first-order valence-corrected chi connectivity index (χ1v) is 12.0. The summed E-state index contributed by atoms with van der Waals surface area (Å²) in [4.78, 5) is 19.5. The maximum Gasteiger partial charge on any atom is 0.253 e. The van der Waals surface area contributed by atoms with Crippen molar-refractivity contribution in [2.45, 2.75) is 46.3 Å². The Morgan fingerprint density at radius 1 is 1.09 bits per heavy atom. The number of nitrogens with one attached hydrogen (secondary N) is 1. The first kappa shape index (κ1) is 23.5. The predicted molar refractivity (Wildman–Crippen MR) is 132 cm³/mol. The number of hydrazone groups is 1. The molecule has 2 atom stereocenters. The van der Waals surface area contributed by atoms with Gasteiger partial charge in [-0.15, -0.1) is 5.10 Å². The number of carbonyl (C=O) groups is 1. The number of benzene rings is 2. The van der Waals surface area contributed by atoms with Crippen molar-refractivity contribution >= 4 is 11.8 Å². The number of nitrogens with zero attached hydrogens (tertiary/aromatic N) is 3. The van der Waals surface area contributed by atoms with Gasteiger partial charge in [0.1, 0.15) is 6.26 Å². The van der Waals surface area contributed by atoms with Crippen LogP contribution in [-0.2, 0) is 11.2 Å². The topological polar surface area (TPSA) is 80.0 Å². The molecule has 0 saturated heterocycles. The molecule has 178 valence electrons. The molecule has 2 heterocycles. The smallest absolute Gasteiger partial charge is 0.253 e. The van der Waals surface area contributed by atoms with Crippen molar-refractivity contribution in [3.05, 3.63) is 77.7 Å². The van der Waals surface area contributed by atoms with Gasteiger partial charge in [-0.25, -0.2) is 4.98 Å². The molecule has 1 aliphatic heterocycles. The Morgan fingerprint density at radius 2 is 1.82 bits per heavy atom. The fourth-order valence-electron chi connectivity index (χ4n) is 4.17. The Balaban J connectivity index is 1.58. The fourth-order valence-corrected chi connectivity index (χ4v) is 4.17. The van der Waals surface area contributed by atoms with Gasteiger partial charge >= 0.3 is 0 Å². The van der Waals surface area contributed by atoms with Gasteiger partial charge in [0.2, 0.25) is 11.8 Å². The number of aromatic nitrogens is 1. The number of oxazole rings is 1. The lowest BCUT2D eigenvalue weighted by molar-refractivity contribution is 0.0755. The molecular weight excluding hydrogens is 428 g/mol. The van der Waals surface area contributed by atoms with Crippen LogP contribution in [0.15, 0.2) is 70.5 Å². The van der Waals surface area contributed by atoms with Crippen molar-refractivity contribution in [1.29, 1.82) is 0 Å². The highest BCUT2D eigenvalue weighted by Crippen LogP contribution is 2.25. The molecule has 34 heavy (non-hydrogen) atoms. The number of amides is 1. The number of rotatable bonds is 10. The van der Waals surface area contributed by atoms with Crippen molar-refractivity contribution in [2.24, 2.45) is 11.0 Å². The molecule has 0 radical (unpaired) electrons. The minimum Gasteiger partial charge on any atom is -0.451 e. The molecule has 1 aromatic heterocycles. The largest absolute Gasteiger partial charge is 0.451 e. The molecule has 4 rings (SSSR count). The summed E-state index contributed by atoms with van der Waals surface area (Å²) in [6, 6.07) is 15.9. The molecule has 7 nitrogen and oxygen atoms in total. The van der Waals surface area contributed by atoms with Gasteiger partial charge in [0.05, 0.1) is 6.20 Å². The summed E-state index contributed by atoms with van der Waals surface area (Å²) >= 11 is 0. The van der Waals surface area contributed by atoms with E-state index in [1.165, 1.54) is 11.8 Å². The highest BCUT2D eigenvalue weighted by Gasteiger charge is 2.28. The van der Waals surface area contributed by atoms with E-state index in [2.05, 4.69) is 48.4 Å². The molecule has 0 bridgehead atoms. The van der Waals surface area contributed by atoms with Gasteiger partial charge in [-0.1, -0.05) is 51.1 Å². The monoisotopic (exact) mass is 460 g/mol. The highest BCUT2D eigenvalue weighted by molar-refractivity contribution is 6.01. The molecule has 0 saturated carbocycles. The van der Waals surface area contributed by atoms with Crippen LogP contribution >= 0.6 is 0 Å². The minimum absolute atomic E-state index is 0.0149. The zero-order valence-electron chi connectivity index (χ0n) is 20.0. The van der Waals surface area contributed by atoms with E-state index >= 15 is 0 Å². The summed E-state index contributed by atoms with van der Waals surface area (Å²) in [6.07, 6.45) is 5.53. The second-order valence-corrected chi connectivity index (χ2v) is 8.68. The van der Waals surface area contributed by atoms with Crippen LogP contribution in [0.5, 0.6) is 0 Å². The molecule has 2 aromatic carbocycles.